The van der Waals surface area contributed by atoms with Crippen molar-refractivity contribution in [1.29, 1.82) is 0 Å². The van der Waals surface area contributed by atoms with E-state index in [1.165, 1.54) is 0 Å². The highest BCUT2D eigenvalue weighted by Crippen LogP contribution is 2.30. The van der Waals surface area contributed by atoms with Gasteiger partial charge in [0.05, 0.1) is 11.3 Å². The lowest BCUT2D eigenvalue weighted by Crippen LogP contribution is -2.25. The molecule has 0 spiro atoms. The molecule has 0 radical (unpaired) electrons. The molecular formula is C19H23F4N3O. The quantitative estimate of drug-likeness (QED) is 0.550. The Labute approximate surface area is 155 Å². The summed E-state index contributed by atoms with van der Waals surface area (Å²) in [6, 6.07) is 4.39. The second-order valence-electron chi connectivity index (χ2n) is 6.35. The highest BCUT2D eigenvalue weighted by atomic mass is 19.4. The molecule has 2 aromatic rings. The topological polar surface area (TPSA) is 46.9 Å². The van der Waals surface area contributed by atoms with Crippen LogP contribution in [0.4, 0.5) is 17.6 Å². The molecule has 4 nitrogen and oxygen atoms in total. The molecule has 1 amide bonds. The molecule has 1 aromatic heterocycles. The van der Waals surface area contributed by atoms with E-state index < -0.39 is 17.6 Å². The van der Waals surface area contributed by atoms with Crippen LogP contribution >= 0.6 is 0 Å². The fourth-order valence-corrected chi connectivity index (χ4v) is 2.83. The summed E-state index contributed by atoms with van der Waals surface area (Å²) in [7, 11) is 0. The number of halogens is 4. The van der Waals surface area contributed by atoms with Crippen LogP contribution in [0.2, 0.25) is 0 Å². The number of rotatable bonds is 8. The third kappa shape index (κ3) is 6.08. The van der Waals surface area contributed by atoms with Crippen molar-refractivity contribution in [2.45, 2.75) is 52.3 Å². The average molecular weight is 385 g/mol. The minimum absolute atomic E-state index is 0.0221. The molecule has 0 aliphatic carbocycles. The largest absolute Gasteiger partial charge is 0.416 e. The van der Waals surface area contributed by atoms with E-state index in [0.717, 1.165) is 42.9 Å². The molecule has 0 bridgehead atoms. The molecule has 0 unspecified atom stereocenters. The maximum Gasteiger partial charge on any atom is 0.416 e. The summed E-state index contributed by atoms with van der Waals surface area (Å²) in [5.74, 6) is -1.20. The first kappa shape index (κ1) is 20.9. The Hall–Kier alpha value is -2.38. The molecule has 1 heterocycles. The van der Waals surface area contributed by atoms with Crippen molar-refractivity contribution < 1.29 is 22.4 Å². The summed E-state index contributed by atoms with van der Waals surface area (Å²) in [6.45, 7) is 5.20. The van der Waals surface area contributed by atoms with Crippen LogP contribution in [-0.4, -0.2) is 22.2 Å². The maximum atomic E-state index is 13.8. The van der Waals surface area contributed by atoms with Crippen LogP contribution in [0.1, 0.15) is 42.3 Å². The van der Waals surface area contributed by atoms with Gasteiger partial charge >= 0.3 is 6.18 Å². The van der Waals surface area contributed by atoms with Gasteiger partial charge in [-0.25, -0.2) is 4.39 Å². The number of hydrogen-bond acceptors (Lipinski definition) is 2. The zero-order chi connectivity index (χ0) is 20.0. The van der Waals surface area contributed by atoms with Crippen molar-refractivity contribution >= 4 is 5.91 Å². The Morgan fingerprint density at radius 2 is 1.96 bits per heavy atom. The minimum Gasteiger partial charge on any atom is -0.356 e. The normalized spacial score (nSPS) is 11.6. The molecule has 0 saturated heterocycles. The van der Waals surface area contributed by atoms with Gasteiger partial charge in [0.25, 0.3) is 0 Å². The molecule has 148 valence electrons. The second-order valence-corrected chi connectivity index (χ2v) is 6.35. The third-order valence-electron chi connectivity index (χ3n) is 4.22. The van der Waals surface area contributed by atoms with E-state index in [1.807, 2.05) is 24.6 Å². The van der Waals surface area contributed by atoms with Crippen LogP contribution in [0, 0.1) is 12.7 Å². The van der Waals surface area contributed by atoms with Crippen LogP contribution in [0.5, 0.6) is 0 Å². The van der Waals surface area contributed by atoms with Crippen molar-refractivity contribution in [2.75, 3.05) is 6.54 Å². The van der Waals surface area contributed by atoms with Crippen molar-refractivity contribution in [3.8, 4) is 0 Å². The molecule has 0 saturated carbocycles. The monoisotopic (exact) mass is 385 g/mol. The van der Waals surface area contributed by atoms with E-state index in [2.05, 4.69) is 10.4 Å². The molecule has 1 aromatic carbocycles. The number of aryl methyl sites for hydroxylation is 4. The third-order valence-corrected chi connectivity index (χ3v) is 4.22. The number of alkyl halides is 3. The molecule has 8 heteroatoms. The first-order valence-electron chi connectivity index (χ1n) is 8.86. The maximum absolute atomic E-state index is 13.8. The first-order chi connectivity index (χ1) is 12.7. The zero-order valence-electron chi connectivity index (χ0n) is 15.4. The van der Waals surface area contributed by atoms with E-state index in [1.54, 1.807) is 0 Å². The summed E-state index contributed by atoms with van der Waals surface area (Å²) < 4.78 is 53.2. The summed E-state index contributed by atoms with van der Waals surface area (Å²) in [5.41, 5.74) is 1.13. The van der Waals surface area contributed by atoms with E-state index in [4.69, 9.17) is 0 Å². The van der Waals surface area contributed by atoms with Gasteiger partial charge < -0.3 is 5.32 Å². The number of amides is 1. The Balaban J connectivity index is 1.75. The molecule has 0 aliphatic heterocycles. The summed E-state index contributed by atoms with van der Waals surface area (Å²) in [4.78, 5) is 11.9. The van der Waals surface area contributed by atoms with E-state index in [0.29, 0.717) is 12.6 Å². The van der Waals surface area contributed by atoms with E-state index >= 15 is 0 Å². The van der Waals surface area contributed by atoms with Gasteiger partial charge in [0.2, 0.25) is 5.91 Å². The van der Waals surface area contributed by atoms with Gasteiger partial charge in [0, 0.05) is 25.2 Å². The smallest absolute Gasteiger partial charge is 0.356 e. The second kappa shape index (κ2) is 9.01. The SMILES string of the molecule is CCn1nc(C)cc1CCCNC(=O)CCc1ccc(C(F)(F)F)cc1F. The van der Waals surface area contributed by atoms with Gasteiger partial charge in [-0.1, -0.05) is 6.07 Å². The fourth-order valence-electron chi connectivity index (χ4n) is 2.83. The molecule has 2 rings (SSSR count). The Bertz CT molecular complexity index is 784. The zero-order valence-corrected chi connectivity index (χ0v) is 15.4. The van der Waals surface area contributed by atoms with E-state index in [-0.39, 0.29) is 24.3 Å². The van der Waals surface area contributed by atoms with Crippen molar-refractivity contribution in [3.05, 3.63) is 52.6 Å². The van der Waals surface area contributed by atoms with Crippen LogP contribution in [0.3, 0.4) is 0 Å². The molecule has 0 fully saturated rings. The molecule has 0 aliphatic rings. The summed E-state index contributed by atoms with van der Waals surface area (Å²) in [5, 5.41) is 7.11. The minimum atomic E-state index is -4.58. The van der Waals surface area contributed by atoms with Gasteiger partial charge in [-0.2, -0.15) is 18.3 Å². The fraction of sp³-hybridized carbons (Fsp3) is 0.474. The first-order valence-corrected chi connectivity index (χ1v) is 8.86. The molecular weight excluding hydrogens is 362 g/mol. The lowest BCUT2D eigenvalue weighted by Gasteiger charge is -2.09. The highest BCUT2D eigenvalue weighted by Gasteiger charge is 2.31. The Morgan fingerprint density at radius 1 is 1.22 bits per heavy atom. The number of aromatic nitrogens is 2. The van der Waals surface area contributed by atoms with Gasteiger partial charge in [-0.15, -0.1) is 0 Å². The predicted octanol–water partition coefficient (Wildman–Crippen LogP) is 4.05. The van der Waals surface area contributed by atoms with Crippen LogP contribution in [-0.2, 0) is 30.4 Å². The Kier molecular flexibility index (Phi) is 6.98. The standard InChI is InChI=1S/C19H23F4N3O/c1-3-26-16(11-13(2)25-26)5-4-10-24-18(27)9-7-14-6-8-15(12-17(14)20)19(21,22)23/h6,8,11-12H,3-5,7,9-10H2,1-2H3,(H,24,27). The van der Waals surface area contributed by atoms with Crippen molar-refractivity contribution in [1.82, 2.24) is 15.1 Å². The molecule has 27 heavy (non-hydrogen) atoms. The number of benzene rings is 1. The van der Waals surface area contributed by atoms with E-state index in [9.17, 15) is 22.4 Å². The van der Waals surface area contributed by atoms with Gasteiger partial charge in [-0.3, -0.25) is 9.48 Å². The predicted molar refractivity (Wildman–Crippen MR) is 93.7 cm³/mol. The van der Waals surface area contributed by atoms with Crippen molar-refractivity contribution in [3.63, 3.8) is 0 Å². The lowest BCUT2D eigenvalue weighted by atomic mass is 10.1. The summed E-state index contributed by atoms with van der Waals surface area (Å²) >= 11 is 0. The molecule has 0 atom stereocenters. The van der Waals surface area contributed by atoms with Crippen LogP contribution < -0.4 is 5.32 Å². The van der Waals surface area contributed by atoms with Crippen LogP contribution in [0.25, 0.3) is 0 Å². The van der Waals surface area contributed by atoms with Gasteiger partial charge in [0.1, 0.15) is 5.82 Å². The van der Waals surface area contributed by atoms with Gasteiger partial charge in [0.15, 0.2) is 0 Å². The van der Waals surface area contributed by atoms with Gasteiger partial charge in [-0.05, 0) is 56.9 Å². The number of hydrogen-bond donors (Lipinski definition) is 1. The van der Waals surface area contributed by atoms with Crippen LogP contribution in [0.15, 0.2) is 24.3 Å². The number of nitrogens with zero attached hydrogens (tertiary/aromatic N) is 2. The van der Waals surface area contributed by atoms with Crippen molar-refractivity contribution in [2.24, 2.45) is 0 Å². The average Bonchev–Trinajstić information content (AvgIpc) is 2.96. The Morgan fingerprint density at radius 3 is 2.59 bits per heavy atom. The number of nitrogens with one attached hydrogen (secondary N) is 1. The molecule has 1 N–H and O–H groups in total. The number of carbonyl (C=O) groups is 1. The summed E-state index contributed by atoms with van der Waals surface area (Å²) in [6.07, 6.45) is -2.98. The highest BCUT2D eigenvalue weighted by molar-refractivity contribution is 5.76. The number of carbonyl (C=O) groups excluding carboxylic acids is 1. The lowest BCUT2D eigenvalue weighted by molar-refractivity contribution is -0.137.